The molecule has 2 heteroatoms. The number of nitrogens with one attached hydrogen (secondary N) is 1. The zero-order chi connectivity index (χ0) is 13.5. The molecule has 0 radical (unpaired) electrons. The van der Waals surface area contributed by atoms with Crippen LogP contribution >= 0.6 is 0 Å². The van der Waals surface area contributed by atoms with E-state index in [2.05, 4.69) is 58.1 Å². The summed E-state index contributed by atoms with van der Waals surface area (Å²) in [5, 5.41) is 3.51. The molecule has 0 fully saturated rings. The van der Waals surface area contributed by atoms with Gasteiger partial charge in [0.2, 0.25) is 0 Å². The maximum atomic E-state index is 5.88. The van der Waals surface area contributed by atoms with Crippen LogP contribution in [0, 0.1) is 13.8 Å². The average molecular weight is 249 g/mol. The predicted octanol–water partition coefficient (Wildman–Crippen LogP) is 3.77. The van der Waals surface area contributed by atoms with Gasteiger partial charge in [-0.15, -0.1) is 0 Å². The minimum absolute atomic E-state index is 0.296. The Balaban J connectivity index is 2.76. The molecule has 102 valence electrons. The Labute approximate surface area is 112 Å². The summed E-state index contributed by atoms with van der Waals surface area (Å²) < 4.78 is 5.88. The van der Waals surface area contributed by atoms with E-state index < -0.39 is 0 Å². The van der Waals surface area contributed by atoms with Gasteiger partial charge in [-0.3, -0.25) is 0 Å². The molecule has 0 heterocycles. The van der Waals surface area contributed by atoms with Gasteiger partial charge in [-0.1, -0.05) is 37.6 Å². The van der Waals surface area contributed by atoms with Crippen molar-refractivity contribution in [2.75, 3.05) is 13.2 Å². The fourth-order valence-corrected chi connectivity index (χ4v) is 2.10. The van der Waals surface area contributed by atoms with Gasteiger partial charge in [0.05, 0.1) is 18.8 Å². The van der Waals surface area contributed by atoms with Crippen molar-refractivity contribution < 1.29 is 4.74 Å². The molecule has 0 bridgehead atoms. The Hall–Kier alpha value is -0.860. The predicted molar refractivity (Wildman–Crippen MR) is 78.0 cm³/mol. The highest BCUT2D eigenvalue weighted by molar-refractivity contribution is 5.32. The van der Waals surface area contributed by atoms with Crippen LogP contribution in [-0.2, 0) is 4.74 Å². The van der Waals surface area contributed by atoms with Gasteiger partial charge >= 0.3 is 0 Å². The first-order valence-electron chi connectivity index (χ1n) is 7.00. The molecule has 0 aromatic heterocycles. The van der Waals surface area contributed by atoms with E-state index in [4.69, 9.17) is 4.74 Å². The molecule has 2 unspecified atom stereocenters. The summed E-state index contributed by atoms with van der Waals surface area (Å²) in [5.74, 6) is 0. The van der Waals surface area contributed by atoms with Crippen molar-refractivity contribution in [3.63, 3.8) is 0 Å². The van der Waals surface area contributed by atoms with Gasteiger partial charge in [0.1, 0.15) is 0 Å². The van der Waals surface area contributed by atoms with Crippen LogP contribution in [0.25, 0.3) is 0 Å². The quantitative estimate of drug-likeness (QED) is 0.794. The van der Waals surface area contributed by atoms with Crippen molar-refractivity contribution in [3.05, 3.63) is 34.9 Å². The fourth-order valence-electron chi connectivity index (χ4n) is 2.10. The molecule has 0 saturated heterocycles. The monoisotopic (exact) mass is 249 g/mol. The molecular formula is C16H27NO. The maximum absolute atomic E-state index is 5.88. The molecule has 18 heavy (non-hydrogen) atoms. The van der Waals surface area contributed by atoms with Crippen molar-refractivity contribution in [3.8, 4) is 0 Å². The van der Waals surface area contributed by atoms with Gasteiger partial charge in [-0.2, -0.15) is 0 Å². The number of hydrogen-bond acceptors (Lipinski definition) is 2. The highest BCUT2D eigenvalue weighted by atomic mass is 16.5. The molecule has 2 nitrogen and oxygen atoms in total. The van der Waals surface area contributed by atoms with E-state index >= 15 is 0 Å². The van der Waals surface area contributed by atoms with Crippen molar-refractivity contribution in [1.29, 1.82) is 0 Å². The van der Waals surface area contributed by atoms with Crippen LogP contribution in [-0.4, -0.2) is 19.3 Å². The van der Waals surface area contributed by atoms with Crippen LogP contribution in [0.4, 0.5) is 0 Å². The SMILES string of the molecule is CCNC(COC(C)CC)c1ccc(C)cc1C. The Morgan fingerprint density at radius 3 is 2.50 bits per heavy atom. The molecule has 1 aromatic rings. The number of ether oxygens (including phenoxy) is 1. The summed E-state index contributed by atoms with van der Waals surface area (Å²) in [5.41, 5.74) is 4.01. The van der Waals surface area contributed by atoms with E-state index in [0.29, 0.717) is 12.1 Å². The normalized spacial score (nSPS) is 14.5. The topological polar surface area (TPSA) is 21.3 Å². The molecule has 1 aromatic carbocycles. The Bertz CT molecular complexity index is 362. The lowest BCUT2D eigenvalue weighted by molar-refractivity contribution is 0.0475. The maximum Gasteiger partial charge on any atom is 0.0665 e. The molecule has 0 aliphatic heterocycles. The van der Waals surface area contributed by atoms with Crippen LogP contribution < -0.4 is 5.32 Å². The molecule has 0 amide bonds. The third-order valence-corrected chi connectivity index (χ3v) is 3.37. The van der Waals surface area contributed by atoms with Gasteiger partial charge in [0, 0.05) is 0 Å². The smallest absolute Gasteiger partial charge is 0.0665 e. The highest BCUT2D eigenvalue weighted by Gasteiger charge is 2.14. The molecule has 2 atom stereocenters. The van der Waals surface area contributed by atoms with Crippen LogP contribution in [0.2, 0.25) is 0 Å². The molecule has 1 N–H and O–H groups in total. The summed E-state index contributed by atoms with van der Waals surface area (Å²) in [7, 11) is 0. The Morgan fingerprint density at radius 1 is 1.22 bits per heavy atom. The van der Waals surface area contributed by atoms with Crippen LogP contribution in [0.1, 0.15) is 49.9 Å². The summed E-state index contributed by atoms with van der Waals surface area (Å²) >= 11 is 0. The third-order valence-electron chi connectivity index (χ3n) is 3.37. The zero-order valence-corrected chi connectivity index (χ0v) is 12.4. The second-order valence-electron chi connectivity index (χ2n) is 5.02. The summed E-state index contributed by atoms with van der Waals surface area (Å²) in [6.45, 7) is 12.4. The first-order valence-corrected chi connectivity index (χ1v) is 7.00. The second kappa shape index (κ2) is 7.55. The third kappa shape index (κ3) is 4.43. The lowest BCUT2D eigenvalue weighted by Crippen LogP contribution is -2.27. The number of benzene rings is 1. The van der Waals surface area contributed by atoms with Gasteiger partial charge in [-0.25, -0.2) is 0 Å². The lowest BCUT2D eigenvalue weighted by Gasteiger charge is -2.22. The number of rotatable bonds is 7. The van der Waals surface area contributed by atoms with E-state index in [0.717, 1.165) is 19.6 Å². The lowest BCUT2D eigenvalue weighted by atomic mass is 9.99. The Kier molecular flexibility index (Phi) is 6.37. The number of likely N-dealkylation sites (N-methyl/N-ethyl adjacent to an activating group) is 1. The molecule has 0 aliphatic rings. The van der Waals surface area contributed by atoms with Crippen molar-refractivity contribution >= 4 is 0 Å². The molecular weight excluding hydrogens is 222 g/mol. The van der Waals surface area contributed by atoms with Crippen molar-refractivity contribution in [2.45, 2.75) is 53.2 Å². The van der Waals surface area contributed by atoms with Gasteiger partial charge < -0.3 is 10.1 Å². The summed E-state index contributed by atoms with van der Waals surface area (Å²) in [4.78, 5) is 0. The zero-order valence-electron chi connectivity index (χ0n) is 12.4. The van der Waals surface area contributed by atoms with E-state index in [1.54, 1.807) is 0 Å². The van der Waals surface area contributed by atoms with Crippen LogP contribution in [0.3, 0.4) is 0 Å². The minimum atomic E-state index is 0.296. The molecule has 0 aliphatic carbocycles. The summed E-state index contributed by atoms with van der Waals surface area (Å²) in [6.07, 6.45) is 1.39. The molecule has 0 saturated carbocycles. The largest absolute Gasteiger partial charge is 0.377 e. The Morgan fingerprint density at radius 2 is 1.94 bits per heavy atom. The highest BCUT2D eigenvalue weighted by Crippen LogP contribution is 2.20. The number of aryl methyl sites for hydroxylation is 2. The van der Waals surface area contributed by atoms with E-state index in [-0.39, 0.29) is 0 Å². The van der Waals surface area contributed by atoms with E-state index in [1.807, 2.05) is 0 Å². The first kappa shape index (κ1) is 15.2. The van der Waals surface area contributed by atoms with Gasteiger partial charge in [0.25, 0.3) is 0 Å². The van der Waals surface area contributed by atoms with Crippen LogP contribution in [0.15, 0.2) is 18.2 Å². The molecule has 0 spiro atoms. The van der Waals surface area contributed by atoms with Gasteiger partial charge in [0.15, 0.2) is 0 Å². The molecule has 1 rings (SSSR count). The number of hydrogen-bond donors (Lipinski definition) is 1. The second-order valence-corrected chi connectivity index (χ2v) is 5.02. The standard InChI is InChI=1S/C16H27NO/c1-6-14(5)18-11-16(17-7-2)15-9-8-12(3)10-13(15)4/h8-10,14,16-17H,6-7,11H2,1-5H3. The van der Waals surface area contributed by atoms with Crippen LogP contribution in [0.5, 0.6) is 0 Å². The van der Waals surface area contributed by atoms with Crippen molar-refractivity contribution in [1.82, 2.24) is 5.32 Å². The summed E-state index contributed by atoms with van der Waals surface area (Å²) in [6, 6.07) is 6.93. The van der Waals surface area contributed by atoms with E-state index in [9.17, 15) is 0 Å². The van der Waals surface area contributed by atoms with Crippen molar-refractivity contribution in [2.24, 2.45) is 0 Å². The van der Waals surface area contributed by atoms with Gasteiger partial charge in [-0.05, 0) is 44.9 Å². The minimum Gasteiger partial charge on any atom is -0.377 e. The average Bonchev–Trinajstić information content (AvgIpc) is 2.34. The first-order chi connectivity index (χ1) is 8.58. The van der Waals surface area contributed by atoms with E-state index in [1.165, 1.54) is 16.7 Å². The fraction of sp³-hybridized carbons (Fsp3) is 0.625.